The Kier molecular flexibility index (Phi) is 6.86. The Morgan fingerprint density at radius 1 is 0.333 bits per heavy atom. The molecule has 0 amide bonds. The van der Waals surface area contributed by atoms with Gasteiger partial charge in [-0.05, 0) is 91.3 Å². The van der Waals surface area contributed by atoms with Gasteiger partial charge in [0, 0.05) is 17.6 Å². The van der Waals surface area contributed by atoms with Crippen LogP contribution in [0.15, 0.2) is 182 Å². The van der Waals surface area contributed by atoms with Crippen LogP contribution in [0.5, 0.6) is 0 Å². The average Bonchev–Trinajstić information content (AvgIpc) is 3.12. The molecule has 45 heavy (non-hydrogen) atoms. The van der Waals surface area contributed by atoms with Gasteiger partial charge in [-0.2, -0.15) is 0 Å². The van der Waals surface area contributed by atoms with E-state index in [1.54, 1.807) is 0 Å². The predicted molar refractivity (Wildman–Crippen MR) is 190 cm³/mol. The summed E-state index contributed by atoms with van der Waals surface area (Å²) >= 11 is 0. The van der Waals surface area contributed by atoms with E-state index in [-0.39, 0.29) is 0 Å². The molecule has 0 N–H and O–H groups in total. The number of aromatic nitrogens is 1. The van der Waals surface area contributed by atoms with E-state index in [2.05, 4.69) is 169 Å². The van der Waals surface area contributed by atoms with E-state index >= 15 is 0 Å². The van der Waals surface area contributed by atoms with Gasteiger partial charge in [0.15, 0.2) is 0 Å². The fourth-order valence-corrected chi connectivity index (χ4v) is 6.49. The molecule has 0 fully saturated rings. The molecule has 212 valence electrons. The van der Waals surface area contributed by atoms with Crippen molar-refractivity contribution in [3.8, 4) is 33.4 Å². The summed E-state index contributed by atoms with van der Waals surface area (Å²) in [6.07, 6.45) is 1.85. The number of nitrogens with zero attached hydrogens (tertiary/aromatic N) is 2. The van der Waals surface area contributed by atoms with Gasteiger partial charge in [0.2, 0.25) is 0 Å². The summed E-state index contributed by atoms with van der Waals surface area (Å²) in [5.41, 5.74) is 9.42. The summed E-state index contributed by atoms with van der Waals surface area (Å²) in [7, 11) is 0. The molecule has 8 rings (SSSR count). The SMILES string of the molecule is c1ccc(-c2cccc(N(c3ccc(-c4c5ccccc5c(-c5ccccc5)c5ccccc45)cc3)c3ccccn3)c2)cc1. The van der Waals surface area contributed by atoms with E-state index in [1.165, 1.54) is 54.9 Å². The van der Waals surface area contributed by atoms with Crippen molar-refractivity contribution in [2.24, 2.45) is 0 Å². The number of anilines is 3. The van der Waals surface area contributed by atoms with Gasteiger partial charge >= 0.3 is 0 Å². The second-order valence-electron chi connectivity index (χ2n) is 11.2. The second-order valence-corrected chi connectivity index (χ2v) is 11.2. The molecule has 0 radical (unpaired) electrons. The van der Waals surface area contributed by atoms with E-state index < -0.39 is 0 Å². The van der Waals surface area contributed by atoms with Crippen LogP contribution in [0.3, 0.4) is 0 Å². The lowest BCUT2D eigenvalue weighted by Crippen LogP contribution is -2.11. The van der Waals surface area contributed by atoms with Crippen molar-refractivity contribution >= 4 is 38.7 Å². The van der Waals surface area contributed by atoms with Gasteiger partial charge in [-0.1, -0.05) is 140 Å². The number of fused-ring (bicyclic) bond motifs is 2. The van der Waals surface area contributed by atoms with Crippen LogP contribution in [0.25, 0.3) is 54.9 Å². The molecule has 2 nitrogen and oxygen atoms in total. The molecule has 2 heteroatoms. The van der Waals surface area contributed by atoms with E-state index in [0.717, 1.165) is 17.2 Å². The molecule has 0 saturated carbocycles. The minimum Gasteiger partial charge on any atom is -0.295 e. The van der Waals surface area contributed by atoms with Crippen molar-refractivity contribution in [1.29, 1.82) is 0 Å². The van der Waals surface area contributed by atoms with E-state index in [1.807, 2.05) is 18.3 Å². The standard InChI is InChI=1S/C43H30N2/c1-3-14-31(15-4-1)34-18-13-19-36(30-34)45(41-24-11-12-29-44-41)35-27-25-33(26-28-35)43-39-22-9-7-20-37(39)42(32-16-5-2-6-17-32)38-21-8-10-23-40(38)43/h1-30H. The molecule has 0 bridgehead atoms. The Hall–Kier alpha value is -5.99. The van der Waals surface area contributed by atoms with E-state index in [4.69, 9.17) is 4.98 Å². The summed E-state index contributed by atoms with van der Waals surface area (Å²) in [5.74, 6) is 0.874. The molecule has 1 aromatic heterocycles. The molecule has 0 atom stereocenters. The molecule has 0 aliphatic heterocycles. The number of hydrogen-bond acceptors (Lipinski definition) is 2. The van der Waals surface area contributed by atoms with Crippen LogP contribution in [-0.4, -0.2) is 4.98 Å². The second kappa shape index (κ2) is 11.6. The highest BCUT2D eigenvalue weighted by molar-refractivity contribution is 6.21. The first kappa shape index (κ1) is 26.6. The van der Waals surface area contributed by atoms with Gasteiger partial charge in [0.25, 0.3) is 0 Å². The Labute approximate surface area is 263 Å². The van der Waals surface area contributed by atoms with Crippen LogP contribution < -0.4 is 4.90 Å². The third-order valence-electron chi connectivity index (χ3n) is 8.50. The average molecular weight is 575 g/mol. The quantitative estimate of drug-likeness (QED) is 0.184. The van der Waals surface area contributed by atoms with Gasteiger partial charge in [0.05, 0.1) is 0 Å². The van der Waals surface area contributed by atoms with Crippen LogP contribution in [0.1, 0.15) is 0 Å². The fourth-order valence-electron chi connectivity index (χ4n) is 6.49. The topological polar surface area (TPSA) is 16.1 Å². The Balaban J connectivity index is 1.29. The Bertz CT molecular complexity index is 2180. The first-order valence-corrected chi connectivity index (χ1v) is 15.3. The maximum atomic E-state index is 4.76. The maximum Gasteiger partial charge on any atom is 0.137 e. The summed E-state index contributed by atoms with van der Waals surface area (Å²) in [4.78, 5) is 6.99. The highest BCUT2D eigenvalue weighted by atomic mass is 15.2. The highest BCUT2D eigenvalue weighted by Gasteiger charge is 2.18. The van der Waals surface area contributed by atoms with Crippen molar-refractivity contribution in [2.45, 2.75) is 0 Å². The zero-order valence-corrected chi connectivity index (χ0v) is 24.7. The molecule has 1 heterocycles. The molecule has 0 spiro atoms. The van der Waals surface area contributed by atoms with Crippen LogP contribution in [0, 0.1) is 0 Å². The van der Waals surface area contributed by atoms with Crippen LogP contribution in [-0.2, 0) is 0 Å². The van der Waals surface area contributed by atoms with E-state index in [9.17, 15) is 0 Å². The number of pyridine rings is 1. The van der Waals surface area contributed by atoms with E-state index in [0.29, 0.717) is 0 Å². The largest absolute Gasteiger partial charge is 0.295 e. The lowest BCUT2D eigenvalue weighted by atomic mass is 9.86. The Morgan fingerprint density at radius 3 is 1.38 bits per heavy atom. The maximum absolute atomic E-state index is 4.76. The third kappa shape index (κ3) is 4.93. The fraction of sp³-hybridized carbons (Fsp3) is 0. The number of benzene rings is 7. The molecule has 0 saturated heterocycles. The molecular weight excluding hydrogens is 544 g/mol. The highest BCUT2D eigenvalue weighted by Crippen LogP contribution is 2.44. The van der Waals surface area contributed by atoms with Crippen molar-refractivity contribution in [2.75, 3.05) is 4.90 Å². The Morgan fingerprint density at radius 2 is 0.822 bits per heavy atom. The normalized spacial score (nSPS) is 11.1. The summed E-state index contributed by atoms with van der Waals surface area (Å²) in [6, 6.07) is 62.5. The van der Waals surface area contributed by atoms with Crippen molar-refractivity contribution in [3.05, 3.63) is 182 Å². The van der Waals surface area contributed by atoms with Gasteiger partial charge in [-0.3, -0.25) is 4.90 Å². The first-order valence-electron chi connectivity index (χ1n) is 15.3. The van der Waals surface area contributed by atoms with Gasteiger partial charge in [-0.15, -0.1) is 0 Å². The molecule has 0 aliphatic carbocycles. The predicted octanol–water partition coefficient (Wildman–Crippen LogP) is 11.9. The van der Waals surface area contributed by atoms with Gasteiger partial charge < -0.3 is 0 Å². The summed E-state index contributed by atoms with van der Waals surface area (Å²) in [6.45, 7) is 0. The van der Waals surface area contributed by atoms with Crippen LogP contribution in [0.2, 0.25) is 0 Å². The number of hydrogen-bond donors (Lipinski definition) is 0. The summed E-state index contributed by atoms with van der Waals surface area (Å²) in [5, 5.41) is 5.02. The minimum atomic E-state index is 0.874. The summed E-state index contributed by atoms with van der Waals surface area (Å²) < 4.78 is 0. The molecular formula is C43H30N2. The lowest BCUT2D eigenvalue weighted by Gasteiger charge is -2.25. The monoisotopic (exact) mass is 574 g/mol. The van der Waals surface area contributed by atoms with Crippen molar-refractivity contribution < 1.29 is 0 Å². The zero-order valence-electron chi connectivity index (χ0n) is 24.7. The zero-order chi connectivity index (χ0) is 30.0. The van der Waals surface area contributed by atoms with Crippen molar-refractivity contribution in [1.82, 2.24) is 4.98 Å². The lowest BCUT2D eigenvalue weighted by molar-refractivity contribution is 1.18. The van der Waals surface area contributed by atoms with Crippen molar-refractivity contribution in [3.63, 3.8) is 0 Å². The first-order chi connectivity index (χ1) is 22.3. The molecule has 7 aromatic carbocycles. The smallest absolute Gasteiger partial charge is 0.137 e. The van der Waals surface area contributed by atoms with Crippen LogP contribution >= 0.6 is 0 Å². The minimum absolute atomic E-state index is 0.874. The molecule has 0 unspecified atom stereocenters. The number of rotatable bonds is 6. The molecule has 8 aromatic rings. The van der Waals surface area contributed by atoms with Crippen LogP contribution in [0.4, 0.5) is 17.2 Å². The third-order valence-corrected chi connectivity index (χ3v) is 8.50. The van der Waals surface area contributed by atoms with Gasteiger partial charge in [0.1, 0.15) is 5.82 Å². The van der Waals surface area contributed by atoms with Gasteiger partial charge in [-0.25, -0.2) is 4.98 Å². The molecule has 0 aliphatic rings.